The van der Waals surface area contributed by atoms with E-state index in [1.807, 2.05) is 5.38 Å². The Morgan fingerprint density at radius 3 is 3.00 bits per heavy atom. The average molecular weight is 282 g/mol. The summed E-state index contributed by atoms with van der Waals surface area (Å²) >= 11 is 7.40. The first kappa shape index (κ1) is 12.9. The van der Waals surface area contributed by atoms with E-state index in [1.165, 1.54) is 0 Å². The summed E-state index contributed by atoms with van der Waals surface area (Å²) in [5.41, 5.74) is 9.31. The lowest BCUT2D eigenvalue weighted by Crippen LogP contribution is -2.25. The molecule has 0 aliphatic carbocycles. The molecule has 18 heavy (non-hydrogen) atoms. The first-order chi connectivity index (χ1) is 8.66. The molecule has 3 N–H and O–H groups in total. The number of hydrogen-bond donors (Lipinski definition) is 2. The monoisotopic (exact) mass is 281 g/mol. The maximum atomic E-state index is 11.8. The fourth-order valence-electron chi connectivity index (χ4n) is 1.44. The first-order valence-corrected chi connectivity index (χ1v) is 6.69. The summed E-state index contributed by atoms with van der Waals surface area (Å²) in [5, 5.41) is 5.17. The Labute approximate surface area is 114 Å². The molecule has 0 aliphatic heterocycles. The molecule has 0 atom stereocenters. The summed E-state index contributed by atoms with van der Waals surface area (Å²) in [4.78, 5) is 15.9. The molecule has 0 aliphatic rings. The third-order valence-electron chi connectivity index (χ3n) is 2.41. The normalized spacial score (nSPS) is 10.3. The van der Waals surface area contributed by atoms with E-state index in [0.717, 1.165) is 12.1 Å². The second kappa shape index (κ2) is 5.84. The van der Waals surface area contributed by atoms with Gasteiger partial charge in [-0.15, -0.1) is 11.3 Å². The average Bonchev–Trinajstić information content (AvgIpc) is 2.85. The maximum absolute atomic E-state index is 11.8. The van der Waals surface area contributed by atoms with Gasteiger partial charge in [-0.1, -0.05) is 11.6 Å². The van der Waals surface area contributed by atoms with Crippen LogP contribution in [0.25, 0.3) is 0 Å². The van der Waals surface area contributed by atoms with E-state index in [-0.39, 0.29) is 5.91 Å². The zero-order chi connectivity index (χ0) is 13.0. The number of amides is 1. The molecule has 2 aromatic rings. The Hall–Kier alpha value is -1.59. The smallest absolute Gasteiger partial charge is 0.251 e. The molecule has 1 amide bonds. The van der Waals surface area contributed by atoms with Crippen molar-refractivity contribution in [2.45, 2.75) is 6.42 Å². The number of nitrogens with zero attached hydrogens (tertiary/aromatic N) is 1. The Bertz CT molecular complexity index is 542. The van der Waals surface area contributed by atoms with Crippen LogP contribution in [0.1, 0.15) is 16.1 Å². The lowest BCUT2D eigenvalue weighted by molar-refractivity contribution is 0.0954. The number of rotatable bonds is 4. The van der Waals surface area contributed by atoms with Gasteiger partial charge in [-0.25, -0.2) is 4.98 Å². The van der Waals surface area contributed by atoms with Gasteiger partial charge in [0.1, 0.15) is 0 Å². The molecule has 4 nitrogen and oxygen atoms in total. The van der Waals surface area contributed by atoms with Gasteiger partial charge >= 0.3 is 0 Å². The molecule has 0 saturated heterocycles. The maximum Gasteiger partial charge on any atom is 0.251 e. The highest BCUT2D eigenvalue weighted by molar-refractivity contribution is 7.07. The van der Waals surface area contributed by atoms with Gasteiger partial charge in [0.05, 0.1) is 21.9 Å². The predicted octanol–water partition coefficient (Wildman–Crippen LogP) is 2.35. The number of benzene rings is 1. The van der Waals surface area contributed by atoms with Crippen LogP contribution in [-0.2, 0) is 6.42 Å². The van der Waals surface area contributed by atoms with E-state index in [1.54, 1.807) is 35.0 Å². The standard InChI is InChI=1S/C12H12ClN3OS/c13-10-5-8(1-2-11(10)14)12(17)15-4-3-9-6-18-7-16-9/h1-2,5-7H,3-4,14H2,(H,15,17). The van der Waals surface area contributed by atoms with Gasteiger partial charge in [0.15, 0.2) is 0 Å². The topological polar surface area (TPSA) is 68.0 Å². The van der Waals surface area contributed by atoms with Crippen molar-refractivity contribution in [1.82, 2.24) is 10.3 Å². The van der Waals surface area contributed by atoms with Crippen LogP contribution in [0.4, 0.5) is 5.69 Å². The molecule has 0 saturated carbocycles. The molecule has 6 heteroatoms. The molecule has 0 radical (unpaired) electrons. The first-order valence-electron chi connectivity index (χ1n) is 5.37. The number of carbonyl (C=O) groups excluding carboxylic acids is 1. The van der Waals surface area contributed by atoms with Crippen LogP contribution < -0.4 is 11.1 Å². The van der Waals surface area contributed by atoms with Gasteiger partial charge in [0.2, 0.25) is 0 Å². The van der Waals surface area contributed by atoms with Crippen LogP contribution in [0, 0.1) is 0 Å². The van der Waals surface area contributed by atoms with Crippen molar-refractivity contribution in [2.24, 2.45) is 0 Å². The summed E-state index contributed by atoms with van der Waals surface area (Å²) in [7, 11) is 0. The van der Waals surface area contributed by atoms with E-state index in [2.05, 4.69) is 10.3 Å². The second-order valence-corrected chi connectivity index (χ2v) is 4.85. The minimum absolute atomic E-state index is 0.160. The highest BCUT2D eigenvalue weighted by Gasteiger charge is 2.07. The number of anilines is 1. The number of carbonyl (C=O) groups is 1. The zero-order valence-electron chi connectivity index (χ0n) is 9.52. The number of nitrogens with one attached hydrogen (secondary N) is 1. The van der Waals surface area contributed by atoms with E-state index < -0.39 is 0 Å². The van der Waals surface area contributed by atoms with Crippen molar-refractivity contribution in [2.75, 3.05) is 12.3 Å². The summed E-state index contributed by atoms with van der Waals surface area (Å²) < 4.78 is 0. The Morgan fingerprint density at radius 1 is 1.50 bits per heavy atom. The molecule has 94 valence electrons. The molecule has 2 rings (SSSR count). The number of hydrogen-bond acceptors (Lipinski definition) is 4. The lowest BCUT2D eigenvalue weighted by atomic mass is 10.2. The summed E-state index contributed by atoms with van der Waals surface area (Å²) in [5.74, 6) is -0.160. The number of halogens is 1. The van der Waals surface area contributed by atoms with E-state index in [9.17, 15) is 4.79 Å². The van der Waals surface area contributed by atoms with Crippen molar-refractivity contribution in [3.05, 3.63) is 45.4 Å². The summed E-state index contributed by atoms with van der Waals surface area (Å²) in [6.45, 7) is 0.546. The molecule has 1 aromatic carbocycles. The number of aromatic nitrogens is 1. The molecule has 0 spiro atoms. The molecule has 0 unspecified atom stereocenters. The van der Waals surface area contributed by atoms with E-state index in [0.29, 0.717) is 22.8 Å². The van der Waals surface area contributed by atoms with Gasteiger partial charge in [0, 0.05) is 23.9 Å². The van der Waals surface area contributed by atoms with Crippen LogP contribution in [-0.4, -0.2) is 17.4 Å². The minimum atomic E-state index is -0.160. The van der Waals surface area contributed by atoms with Crippen LogP contribution in [0.15, 0.2) is 29.1 Å². The summed E-state index contributed by atoms with van der Waals surface area (Å²) in [6.07, 6.45) is 0.720. The third-order valence-corrected chi connectivity index (χ3v) is 3.38. The molecule has 0 fully saturated rings. The zero-order valence-corrected chi connectivity index (χ0v) is 11.1. The lowest BCUT2D eigenvalue weighted by Gasteiger charge is -2.05. The van der Waals surface area contributed by atoms with Gasteiger partial charge in [0.25, 0.3) is 5.91 Å². The number of thiazole rings is 1. The summed E-state index contributed by atoms with van der Waals surface area (Å²) in [6, 6.07) is 4.84. The van der Waals surface area contributed by atoms with Crippen LogP contribution in [0.3, 0.4) is 0 Å². The highest BCUT2D eigenvalue weighted by Crippen LogP contribution is 2.19. The SMILES string of the molecule is Nc1ccc(C(=O)NCCc2cscn2)cc1Cl. The van der Waals surface area contributed by atoms with Crippen LogP contribution in [0.5, 0.6) is 0 Å². The van der Waals surface area contributed by atoms with E-state index >= 15 is 0 Å². The Morgan fingerprint density at radius 2 is 2.33 bits per heavy atom. The van der Waals surface area contributed by atoms with E-state index in [4.69, 9.17) is 17.3 Å². The van der Waals surface area contributed by atoms with Gasteiger partial charge < -0.3 is 11.1 Å². The fraction of sp³-hybridized carbons (Fsp3) is 0.167. The third kappa shape index (κ3) is 3.21. The number of nitrogens with two attached hydrogens (primary N) is 1. The predicted molar refractivity (Wildman–Crippen MR) is 74.0 cm³/mol. The van der Waals surface area contributed by atoms with Crippen molar-refractivity contribution < 1.29 is 4.79 Å². The van der Waals surface area contributed by atoms with Crippen molar-refractivity contribution in [1.29, 1.82) is 0 Å². The molecule has 0 bridgehead atoms. The van der Waals surface area contributed by atoms with Crippen molar-refractivity contribution in [3.63, 3.8) is 0 Å². The molecule has 1 heterocycles. The number of nitrogen functional groups attached to an aromatic ring is 1. The fourth-order valence-corrected chi connectivity index (χ4v) is 2.21. The van der Waals surface area contributed by atoms with Crippen molar-refractivity contribution in [3.8, 4) is 0 Å². The van der Waals surface area contributed by atoms with Gasteiger partial charge in [-0.2, -0.15) is 0 Å². The quantitative estimate of drug-likeness (QED) is 0.846. The Balaban J connectivity index is 1.89. The van der Waals surface area contributed by atoms with Crippen LogP contribution >= 0.6 is 22.9 Å². The van der Waals surface area contributed by atoms with Gasteiger partial charge in [-0.05, 0) is 18.2 Å². The molecule has 1 aromatic heterocycles. The van der Waals surface area contributed by atoms with Crippen LogP contribution in [0.2, 0.25) is 5.02 Å². The largest absolute Gasteiger partial charge is 0.398 e. The second-order valence-electron chi connectivity index (χ2n) is 3.72. The molecular weight excluding hydrogens is 270 g/mol. The Kier molecular flexibility index (Phi) is 4.17. The van der Waals surface area contributed by atoms with Gasteiger partial charge in [-0.3, -0.25) is 4.79 Å². The molecular formula is C12H12ClN3OS. The van der Waals surface area contributed by atoms with Crippen molar-refractivity contribution >= 4 is 34.5 Å². The highest BCUT2D eigenvalue weighted by atomic mass is 35.5. The minimum Gasteiger partial charge on any atom is -0.398 e.